The molecule has 0 aliphatic heterocycles. The Hall–Kier alpha value is -3.44. The molecule has 2 N–H and O–H groups in total. The first kappa shape index (κ1) is 21.8. The lowest BCUT2D eigenvalue weighted by atomic mass is 10.1. The number of thiazole rings is 1. The third-order valence-corrected chi connectivity index (χ3v) is 6.30. The number of rotatable bonds is 8. The summed E-state index contributed by atoms with van der Waals surface area (Å²) in [5.41, 5.74) is 3.05. The summed E-state index contributed by atoms with van der Waals surface area (Å²) in [4.78, 5) is 28.7. The Bertz CT molecular complexity index is 1220. The van der Waals surface area contributed by atoms with E-state index < -0.39 is 0 Å². The molecule has 2 amide bonds. The summed E-state index contributed by atoms with van der Waals surface area (Å²) < 4.78 is 7.01. The standard InChI is InChI=1S/C21H20N6O3S2/c1-13-5-3-6-15(14(13)2)27-17(11-23-19(29)16-7-4-9-30-16)25-26-21(27)32-12-18(28)24-20-22-8-10-31-20/h3-10H,11-12H2,1-2H3,(H,23,29)(H,22,24,28). The molecule has 4 aromatic rings. The number of anilines is 1. The molecule has 0 fully saturated rings. The Morgan fingerprint density at radius 1 is 1.19 bits per heavy atom. The topological polar surface area (TPSA) is 115 Å². The molecule has 0 aliphatic rings. The third-order valence-electron chi connectivity index (χ3n) is 4.68. The van der Waals surface area contributed by atoms with E-state index in [2.05, 4.69) is 25.8 Å². The quantitative estimate of drug-likeness (QED) is 0.380. The van der Waals surface area contributed by atoms with Crippen LogP contribution in [0.25, 0.3) is 5.69 Å². The van der Waals surface area contributed by atoms with E-state index in [9.17, 15) is 9.59 Å². The van der Waals surface area contributed by atoms with E-state index >= 15 is 0 Å². The van der Waals surface area contributed by atoms with Crippen LogP contribution >= 0.6 is 23.1 Å². The number of amides is 2. The van der Waals surface area contributed by atoms with Gasteiger partial charge in [-0.15, -0.1) is 21.5 Å². The van der Waals surface area contributed by atoms with Gasteiger partial charge in [0.25, 0.3) is 5.91 Å². The van der Waals surface area contributed by atoms with Crippen LogP contribution in [0.5, 0.6) is 0 Å². The van der Waals surface area contributed by atoms with Gasteiger partial charge in [0.05, 0.1) is 24.2 Å². The largest absolute Gasteiger partial charge is 0.459 e. The average molecular weight is 469 g/mol. The summed E-state index contributed by atoms with van der Waals surface area (Å²) in [5, 5.41) is 17.0. The van der Waals surface area contributed by atoms with Crippen LogP contribution in [-0.4, -0.2) is 37.3 Å². The molecular weight excluding hydrogens is 448 g/mol. The van der Waals surface area contributed by atoms with Crippen LogP contribution in [0.15, 0.2) is 57.7 Å². The van der Waals surface area contributed by atoms with E-state index in [-0.39, 0.29) is 29.9 Å². The molecule has 164 valence electrons. The molecule has 0 aliphatic carbocycles. The van der Waals surface area contributed by atoms with Crippen molar-refractivity contribution in [3.05, 3.63) is 70.9 Å². The Morgan fingerprint density at radius 3 is 2.81 bits per heavy atom. The number of aromatic nitrogens is 4. The summed E-state index contributed by atoms with van der Waals surface area (Å²) in [6.07, 6.45) is 3.08. The summed E-state index contributed by atoms with van der Waals surface area (Å²) >= 11 is 2.62. The molecule has 0 saturated heterocycles. The van der Waals surface area contributed by atoms with E-state index in [4.69, 9.17) is 4.42 Å². The van der Waals surface area contributed by atoms with E-state index in [1.807, 2.05) is 36.6 Å². The fourth-order valence-corrected chi connectivity index (χ4v) is 4.26. The van der Waals surface area contributed by atoms with Gasteiger partial charge >= 0.3 is 0 Å². The third kappa shape index (κ3) is 4.89. The van der Waals surface area contributed by atoms with Gasteiger partial charge in [0.15, 0.2) is 21.9 Å². The van der Waals surface area contributed by atoms with Crippen LogP contribution in [0, 0.1) is 13.8 Å². The lowest BCUT2D eigenvalue weighted by Gasteiger charge is -2.14. The van der Waals surface area contributed by atoms with E-state index in [0.29, 0.717) is 16.1 Å². The van der Waals surface area contributed by atoms with Crippen molar-refractivity contribution in [2.75, 3.05) is 11.1 Å². The molecule has 0 atom stereocenters. The first-order valence-corrected chi connectivity index (χ1v) is 11.5. The highest BCUT2D eigenvalue weighted by Crippen LogP contribution is 2.26. The molecule has 9 nitrogen and oxygen atoms in total. The van der Waals surface area contributed by atoms with Crippen LogP contribution in [0.3, 0.4) is 0 Å². The van der Waals surface area contributed by atoms with Gasteiger partial charge in [0.1, 0.15) is 0 Å². The van der Waals surface area contributed by atoms with Gasteiger partial charge in [-0.25, -0.2) is 4.98 Å². The number of hydrogen-bond acceptors (Lipinski definition) is 8. The first-order chi connectivity index (χ1) is 15.5. The maximum Gasteiger partial charge on any atom is 0.287 e. The Labute approximate surface area is 192 Å². The van der Waals surface area contributed by atoms with Crippen molar-refractivity contribution in [2.45, 2.75) is 25.5 Å². The molecule has 11 heteroatoms. The number of hydrogen-bond donors (Lipinski definition) is 2. The second-order valence-corrected chi connectivity index (χ2v) is 8.62. The van der Waals surface area contributed by atoms with E-state index in [1.165, 1.54) is 29.4 Å². The molecule has 3 heterocycles. The van der Waals surface area contributed by atoms with Crippen molar-refractivity contribution in [3.8, 4) is 5.69 Å². The van der Waals surface area contributed by atoms with Gasteiger partial charge in [-0.2, -0.15) is 0 Å². The van der Waals surface area contributed by atoms with Crippen molar-refractivity contribution in [1.82, 2.24) is 25.1 Å². The van der Waals surface area contributed by atoms with Crippen LogP contribution in [0.4, 0.5) is 5.13 Å². The minimum absolute atomic E-state index is 0.140. The molecule has 1 aromatic carbocycles. The number of aryl methyl sites for hydroxylation is 1. The van der Waals surface area contributed by atoms with Crippen molar-refractivity contribution in [1.29, 1.82) is 0 Å². The Kier molecular flexibility index (Phi) is 6.66. The second-order valence-electron chi connectivity index (χ2n) is 6.79. The zero-order valence-electron chi connectivity index (χ0n) is 17.4. The number of benzene rings is 1. The molecule has 0 radical (unpaired) electrons. The maximum absolute atomic E-state index is 12.3. The normalized spacial score (nSPS) is 10.8. The van der Waals surface area contributed by atoms with Gasteiger partial charge in [-0.3, -0.25) is 14.2 Å². The fourth-order valence-electron chi connectivity index (χ4n) is 2.95. The molecule has 0 spiro atoms. The fraction of sp³-hybridized carbons (Fsp3) is 0.190. The monoisotopic (exact) mass is 468 g/mol. The summed E-state index contributed by atoms with van der Waals surface area (Å²) in [6, 6.07) is 9.18. The van der Waals surface area contributed by atoms with Gasteiger partial charge < -0.3 is 15.1 Å². The molecule has 0 saturated carbocycles. The first-order valence-electron chi connectivity index (χ1n) is 9.67. The van der Waals surface area contributed by atoms with Crippen molar-refractivity contribution < 1.29 is 14.0 Å². The average Bonchev–Trinajstić information content (AvgIpc) is 3.55. The van der Waals surface area contributed by atoms with Crippen LogP contribution in [0.2, 0.25) is 0 Å². The number of nitrogens with zero attached hydrogens (tertiary/aromatic N) is 4. The minimum Gasteiger partial charge on any atom is -0.459 e. The van der Waals surface area contributed by atoms with Crippen LogP contribution < -0.4 is 10.6 Å². The van der Waals surface area contributed by atoms with Crippen LogP contribution in [-0.2, 0) is 11.3 Å². The molecule has 3 aromatic heterocycles. The highest BCUT2D eigenvalue weighted by molar-refractivity contribution is 7.99. The Balaban J connectivity index is 1.56. The van der Waals surface area contributed by atoms with Gasteiger partial charge in [0.2, 0.25) is 5.91 Å². The van der Waals surface area contributed by atoms with E-state index in [0.717, 1.165) is 16.8 Å². The SMILES string of the molecule is Cc1cccc(-n2c(CNC(=O)c3ccco3)nnc2SCC(=O)Nc2nccs2)c1C. The predicted molar refractivity (Wildman–Crippen MR) is 122 cm³/mol. The number of nitrogens with one attached hydrogen (secondary N) is 2. The predicted octanol–water partition coefficient (Wildman–Crippen LogP) is 3.59. The van der Waals surface area contributed by atoms with Gasteiger partial charge in [-0.1, -0.05) is 23.9 Å². The van der Waals surface area contributed by atoms with Crippen molar-refractivity contribution >= 4 is 40.0 Å². The molecule has 0 unspecified atom stereocenters. The number of carbonyl (C=O) groups is 2. The van der Waals surface area contributed by atoms with Gasteiger partial charge in [0, 0.05) is 11.6 Å². The second kappa shape index (κ2) is 9.79. The lowest BCUT2D eigenvalue weighted by molar-refractivity contribution is -0.113. The molecule has 32 heavy (non-hydrogen) atoms. The summed E-state index contributed by atoms with van der Waals surface area (Å²) in [6.45, 7) is 4.18. The zero-order valence-corrected chi connectivity index (χ0v) is 19.0. The lowest BCUT2D eigenvalue weighted by Crippen LogP contribution is -2.24. The van der Waals surface area contributed by atoms with Gasteiger partial charge in [-0.05, 0) is 43.2 Å². The number of carbonyl (C=O) groups excluding carboxylic acids is 2. The highest BCUT2D eigenvalue weighted by atomic mass is 32.2. The summed E-state index contributed by atoms with van der Waals surface area (Å²) in [5.74, 6) is 0.370. The minimum atomic E-state index is -0.345. The highest BCUT2D eigenvalue weighted by Gasteiger charge is 2.19. The summed E-state index contributed by atoms with van der Waals surface area (Å²) in [7, 11) is 0. The van der Waals surface area contributed by atoms with Crippen molar-refractivity contribution in [3.63, 3.8) is 0 Å². The number of furan rings is 1. The molecule has 4 rings (SSSR count). The smallest absolute Gasteiger partial charge is 0.287 e. The zero-order chi connectivity index (χ0) is 22.5. The maximum atomic E-state index is 12.3. The van der Waals surface area contributed by atoms with E-state index in [1.54, 1.807) is 23.7 Å². The Morgan fingerprint density at radius 2 is 2.06 bits per heavy atom. The van der Waals surface area contributed by atoms with Crippen LogP contribution in [0.1, 0.15) is 27.5 Å². The van der Waals surface area contributed by atoms with Crippen molar-refractivity contribution in [2.24, 2.45) is 0 Å². The molecular formula is C21H20N6O3S2. The number of thioether (sulfide) groups is 1. The molecule has 0 bridgehead atoms.